The normalized spacial score (nSPS) is 22.5. The number of nitrogens with zero attached hydrogens (tertiary/aromatic N) is 4. The van der Waals surface area contributed by atoms with Gasteiger partial charge in [0, 0.05) is 59.0 Å². The Hall–Kier alpha value is -3.15. The average Bonchev–Trinajstić information content (AvgIpc) is 3.44. The fourth-order valence-electron chi connectivity index (χ4n) is 6.21. The van der Waals surface area contributed by atoms with Gasteiger partial charge in [0.15, 0.2) is 9.84 Å². The summed E-state index contributed by atoms with van der Waals surface area (Å²) in [6.45, 7) is 3.60. The van der Waals surface area contributed by atoms with Crippen molar-refractivity contribution in [2.75, 3.05) is 53.1 Å². The van der Waals surface area contributed by atoms with Gasteiger partial charge >= 0.3 is 12.1 Å². The Morgan fingerprint density at radius 3 is 2.22 bits per heavy atom. The van der Waals surface area contributed by atoms with Crippen LogP contribution in [0.15, 0.2) is 59.5 Å². The number of hydrogen-bond donors (Lipinski definition) is 1. The number of carbonyl (C=O) groups excluding carboxylic acids is 3. The zero-order chi connectivity index (χ0) is 28.7. The van der Waals surface area contributed by atoms with Crippen molar-refractivity contribution < 1.29 is 22.8 Å². The highest BCUT2D eigenvalue weighted by atomic mass is 35.5. The number of likely N-dealkylation sites (tertiary alicyclic amines) is 2. The molecule has 222 valence electrons. The monoisotopic (exact) mass is 603 g/mol. The predicted octanol–water partition coefficient (Wildman–Crippen LogP) is 2.80. The fourth-order valence-corrected chi connectivity index (χ4v) is 6.84. The molecule has 2 aromatic rings. The van der Waals surface area contributed by atoms with Crippen LogP contribution >= 0.6 is 12.4 Å². The number of urea groups is 2. The lowest BCUT2D eigenvalue weighted by Gasteiger charge is -2.38. The van der Waals surface area contributed by atoms with Gasteiger partial charge in [0.2, 0.25) is 0 Å². The second-order valence-electron chi connectivity index (χ2n) is 11.5. The molecule has 3 aliphatic heterocycles. The molecule has 2 atom stereocenters. The van der Waals surface area contributed by atoms with E-state index in [4.69, 9.17) is 0 Å². The number of rotatable bonds is 6. The van der Waals surface area contributed by atoms with Gasteiger partial charge in [-0.05, 0) is 42.0 Å². The molecule has 41 heavy (non-hydrogen) atoms. The van der Waals surface area contributed by atoms with E-state index in [0.717, 1.165) is 12.8 Å². The molecule has 3 saturated heterocycles. The summed E-state index contributed by atoms with van der Waals surface area (Å²) < 4.78 is 23.5. The predicted molar refractivity (Wildman–Crippen MR) is 158 cm³/mol. The number of halogens is 1. The summed E-state index contributed by atoms with van der Waals surface area (Å²) in [5.41, 5.74) is 1.01. The number of benzene rings is 2. The minimum atomic E-state index is -3.32. The molecule has 1 spiro atoms. The Labute approximate surface area is 248 Å². The summed E-state index contributed by atoms with van der Waals surface area (Å²) in [6, 6.07) is 16.2. The first-order valence-corrected chi connectivity index (χ1v) is 15.5. The highest BCUT2D eigenvalue weighted by molar-refractivity contribution is 7.90. The molecule has 3 fully saturated rings. The first kappa shape index (κ1) is 30.8. The third-order valence-corrected chi connectivity index (χ3v) is 9.59. The Balaban J connectivity index is 0.00000387. The Morgan fingerprint density at radius 2 is 1.63 bits per heavy atom. The van der Waals surface area contributed by atoms with E-state index in [-0.39, 0.29) is 47.6 Å². The van der Waals surface area contributed by atoms with Crippen LogP contribution in [0, 0.1) is 5.92 Å². The quantitative estimate of drug-likeness (QED) is 0.509. The lowest BCUT2D eigenvalue weighted by molar-refractivity contribution is -0.133. The molecule has 0 bridgehead atoms. The maximum atomic E-state index is 13.5. The summed E-state index contributed by atoms with van der Waals surface area (Å²) in [5.74, 6) is 0.272. The highest BCUT2D eigenvalue weighted by Crippen LogP contribution is 2.36. The van der Waals surface area contributed by atoms with Crippen LogP contribution in [0.1, 0.15) is 29.9 Å². The van der Waals surface area contributed by atoms with Gasteiger partial charge in [-0.2, -0.15) is 0 Å². The summed E-state index contributed by atoms with van der Waals surface area (Å²) in [7, 11) is 0.231. The van der Waals surface area contributed by atoms with Crippen molar-refractivity contribution in [3.63, 3.8) is 0 Å². The third-order valence-electron chi connectivity index (χ3n) is 8.46. The van der Waals surface area contributed by atoms with Crippen molar-refractivity contribution in [2.45, 2.75) is 35.7 Å². The molecule has 0 radical (unpaired) electrons. The van der Waals surface area contributed by atoms with Crippen LogP contribution in [0.4, 0.5) is 9.59 Å². The first-order chi connectivity index (χ1) is 19.0. The Bertz CT molecular complexity index is 1380. The molecular formula is C29H38ClN5O5S. The Morgan fingerprint density at radius 1 is 1.00 bits per heavy atom. The number of imide groups is 1. The number of carbonyl (C=O) groups is 3. The average molecular weight is 604 g/mol. The standard InChI is InChI=1S/C29H37N5O5S.ClH/c1-31(2)28(37)33-19-23(25(20-33)22-7-5-4-6-8-22)18-32-15-13-29(14-16-32)26(35)34(27(36)30-29)17-21-9-11-24(12-10-21)40(3,38)39;/h4-12,23,25H,13-20H2,1-3H3,(H,30,36);1H/t23-,25+;/m0./s1. The number of nitrogens with one attached hydrogen (secondary N) is 1. The second-order valence-corrected chi connectivity index (χ2v) is 13.5. The minimum absolute atomic E-state index is 0. The van der Waals surface area contributed by atoms with Gasteiger partial charge in [-0.15, -0.1) is 12.4 Å². The van der Waals surface area contributed by atoms with Crippen LogP contribution in [0.3, 0.4) is 0 Å². The number of sulfone groups is 1. The summed E-state index contributed by atoms with van der Waals surface area (Å²) in [5, 5.41) is 2.96. The lowest BCUT2D eigenvalue weighted by atomic mass is 9.85. The molecule has 12 heteroatoms. The largest absolute Gasteiger partial charge is 0.331 e. The number of amides is 5. The van der Waals surface area contributed by atoms with Crippen molar-refractivity contribution in [1.29, 1.82) is 0 Å². The van der Waals surface area contributed by atoms with E-state index < -0.39 is 21.4 Å². The molecule has 10 nitrogen and oxygen atoms in total. The fraction of sp³-hybridized carbons (Fsp3) is 0.483. The van der Waals surface area contributed by atoms with Crippen LogP contribution in [0.5, 0.6) is 0 Å². The lowest BCUT2D eigenvalue weighted by Crippen LogP contribution is -2.55. The molecule has 2 aromatic carbocycles. The van der Waals surface area contributed by atoms with Crippen LogP contribution in [0.2, 0.25) is 0 Å². The van der Waals surface area contributed by atoms with Crippen molar-refractivity contribution in [3.05, 3.63) is 65.7 Å². The van der Waals surface area contributed by atoms with Gasteiger partial charge < -0.3 is 20.0 Å². The molecule has 3 heterocycles. The van der Waals surface area contributed by atoms with E-state index >= 15 is 0 Å². The molecule has 5 amide bonds. The molecule has 1 N–H and O–H groups in total. The summed E-state index contributed by atoms with van der Waals surface area (Å²) >= 11 is 0. The summed E-state index contributed by atoms with van der Waals surface area (Å²) in [4.78, 5) is 46.4. The highest BCUT2D eigenvalue weighted by Gasteiger charge is 2.52. The maximum absolute atomic E-state index is 13.5. The zero-order valence-corrected chi connectivity index (χ0v) is 25.3. The molecule has 3 aliphatic rings. The molecular weight excluding hydrogens is 566 g/mol. The number of piperidine rings is 1. The first-order valence-electron chi connectivity index (χ1n) is 13.6. The SMILES string of the molecule is CN(C)C(=O)N1C[C@H](CN2CCC3(CC2)NC(=O)N(Cc2ccc(S(C)(=O)=O)cc2)C3=O)[C@@H](c2ccccc2)C1.Cl. The van der Waals surface area contributed by atoms with E-state index in [2.05, 4.69) is 22.3 Å². The molecule has 0 aromatic heterocycles. The van der Waals surface area contributed by atoms with Crippen LogP contribution < -0.4 is 5.32 Å². The van der Waals surface area contributed by atoms with E-state index in [1.54, 1.807) is 31.1 Å². The third kappa shape index (κ3) is 6.37. The van der Waals surface area contributed by atoms with E-state index in [0.29, 0.717) is 44.6 Å². The smallest absolute Gasteiger partial charge is 0.325 e. The summed E-state index contributed by atoms with van der Waals surface area (Å²) in [6.07, 6.45) is 2.18. The van der Waals surface area contributed by atoms with Gasteiger partial charge in [0.1, 0.15) is 5.54 Å². The van der Waals surface area contributed by atoms with Gasteiger partial charge in [-0.1, -0.05) is 42.5 Å². The van der Waals surface area contributed by atoms with Gasteiger partial charge in [-0.25, -0.2) is 18.0 Å². The van der Waals surface area contributed by atoms with Crippen LogP contribution in [-0.2, 0) is 21.2 Å². The van der Waals surface area contributed by atoms with E-state index in [1.807, 2.05) is 23.1 Å². The Kier molecular flexibility index (Phi) is 9.01. The van der Waals surface area contributed by atoms with Crippen molar-refractivity contribution in [1.82, 2.24) is 24.9 Å². The molecule has 0 aliphatic carbocycles. The van der Waals surface area contributed by atoms with Crippen LogP contribution in [-0.4, -0.2) is 105 Å². The molecule has 0 unspecified atom stereocenters. The topological polar surface area (TPSA) is 110 Å². The van der Waals surface area contributed by atoms with Gasteiger partial charge in [0.05, 0.1) is 11.4 Å². The van der Waals surface area contributed by atoms with E-state index in [9.17, 15) is 22.8 Å². The van der Waals surface area contributed by atoms with Gasteiger partial charge in [0.25, 0.3) is 5.91 Å². The van der Waals surface area contributed by atoms with Crippen LogP contribution in [0.25, 0.3) is 0 Å². The second kappa shape index (κ2) is 12.0. The zero-order valence-electron chi connectivity index (χ0n) is 23.7. The molecule has 0 saturated carbocycles. The molecule has 5 rings (SSSR count). The van der Waals surface area contributed by atoms with Crippen molar-refractivity contribution >= 4 is 40.2 Å². The van der Waals surface area contributed by atoms with E-state index in [1.165, 1.54) is 22.6 Å². The van der Waals surface area contributed by atoms with Crippen molar-refractivity contribution in [3.8, 4) is 0 Å². The van der Waals surface area contributed by atoms with Gasteiger partial charge in [-0.3, -0.25) is 9.69 Å². The minimum Gasteiger partial charge on any atom is -0.331 e. The van der Waals surface area contributed by atoms with Crippen molar-refractivity contribution in [2.24, 2.45) is 5.92 Å². The maximum Gasteiger partial charge on any atom is 0.325 e. The number of hydrogen-bond acceptors (Lipinski definition) is 6.